The van der Waals surface area contributed by atoms with Crippen LogP contribution in [0.3, 0.4) is 0 Å². The standard InChI is InChI=1S/C37H37F2N5O3/c1-37(25-8-5-7-23(16-25)9-12-34(45)46)14-4-2-3-6-24(19-40)20-41-21-29-27-13-15-42-32(27)18-31(39)35(29)47-26-10-11-30(38)28(17-26)36-43-22-33(37)44-36/h5,7-8,10-11,13,15-20,22,42H,2-4,6,9,12,14,21,40H2,1H3,(H,43,44)(H,45,46)/b24-19-,41-20?. The van der Waals surface area contributed by atoms with Crippen molar-refractivity contribution in [3.63, 3.8) is 0 Å². The molecule has 0 fully saturated rings. The molecule has 6 rings (SSSR count). The molecule has 5 N–H and O–H groups in total. The Bertz CT molecular complexity index is 1980. The maximum atomic E-state index is 15.5. The van der Waals surface area contributed by atoms with Crippen molar-refractivity contribution >= 4 is 23.1 Å². The fraction of sp³-hybridized carbons (Fsp3) is 0.270. The van der Waals surface area contributed by atoms with E-state index in [0.29, 0.717) is 23.3 Å². The number of allylic oxidation sites excluding steroid dienone is 1. The van der Waals surface area contributed by atoms with Crippen molar-refractivity contribution in [2.75, 3.05) is 0 Å². The fourth-order valence-corrected chi connectivity index (χ4v) is 6.28. The van der Waals surface area contributed by atoms with Gasteiger partial charge in [0.2, 0.25) is 0 Å². The van der Waals surface area contributed by atoms with E-state index in [1.54, 1.807) is 24.8 Å². The minimum atomic E-state index is -0.847. The van der Waals surface area contributed by atoms with Crippen LogP contribution in [0.15, 0.2) is 83.8 Å². The van der Waals surface area contributed by atoms with Crippen LogP contribution in [0.1, 0.15) is 67.8 Å². The van der Waals surface area contributed by atoms with E-state index in [2.05, 4.69) is 26.9 Å². The van der Waals surface area contributed by atoms with Gasteiger partial charge < -0.3 is 25.5 Å². The van der Waals surface area contributed by atoms with Crippen LogP contribution in [0.4, 0.5) is 8.78 Å². The normalized spacial score (nSPS) is 18.2. The Hall–Kier alpha value is -5.25. The number of aliphatic carboxylic acids is 1. The van der Waals surface area contributed by atoms with Gasteiger partial charge in [-0.15, -0.1) is 0 Å². The number of carboxylic acids is 1. The molecule has 0 saturated heterocycles. The Morgan fingerprint density at radius 3 is 2.81 bits per heavy atom. The van der Waals surface area contributed by atoms with E-state index in [-0.39, 0.29) is 30.0 Å². The first-order valence-electron chi connectivity index (χ1n) is 15.8. The molecule has 47 heavy (non-hydrogen) atoms. The van der Waals surface area contributed by atoms with Gasteiger partial charge in [-0.3, -0.25) is 9.79 Å². The topological polar surface area (TPSA) is 129 Å². The Balaban J connectivity index is 1.43. The van der Waals surface area contributed by atoms with Crippen molar-refractivity contribution in [1.82, 2.24) is 15.0 Å². The van der Waals surface area contributed by atoms with Crippen molar-refractivity contribution in [2.45, 2.75) is 63.8 Å². The summed E-state index contributed by atoms with van der Waals surface area (Å²) < 4.78 is 37.0. The van der Waals surface area contributed by atoms with Crippen molar-refractivity contribution in [1.29, 1.82) is 0 Å². The maximum Gasteiger partial charge on any atom is 0.303 e. The lowest BCUT2D eigenvalue weighted by Crippen LogP contribution is -2.24. The number of nitrogens with zero attached hydrogens (tertiary/aromatic N) is 2. The zero-order chi connectivity index (χ0) is 33.0. The van der Waals surface area contributed by atoms with Crippen LogP contribution >= 0.6 is 0 Å². The third kappa shape index (κ3) is 6.82. The van der Waals surface area contributed by atoms with Crippen molar-refractivity contribution in [3.8, 4) is 22.9 Å². The number of H-pyrrole nitrogens is 2. The predicted molar refractivity (Wildman–Crippen MR) is 179 cm³/mol. The third-order valence-electron chi connectivity index (χ3n) is 9.00. The summed E-state index contributed by atoms with van der Waals surface area (Å²) in [6.45, 7) is 2.27. The minimum Gasteiger partial charge on any atom is -0.481 e. The van der Waals surface area contributed by atoms with Crippen molar-refractivity contribution < 1.29 is 23.4 Å². The molecular weight excluding hydrogens is 600 g/mol. The molecule has 10 heteroatoms. The zero-order valence-electron chi connectivity index (χ0n) is 26.2. The van der Waals surface area contributed by atoms with Gasteiger partial charge in [0.25, 0.3) is 0 Å². The summed E-state index contributed by atoms with van der Waals surface area (Å²) >= 11 is 0. The largest absolute Gasteiger partial charge is 0.481 e. The van der Waals surface area contributed by atoms with Crippen LogP contribution in [0.5, 0.6) is 11.5 Å². The number of nitrogens with one attached hydrogen (secondary N) is 2. The number of carboxylic acid groups (broad SMARTS) is 1. The first-order valence-corrected chi connectivity index (χ1v) is 15.8. The van der Waals surface area contributed by atoms with Crippen LogP contribution < -0.4 is 10.5 Å². The first kappa shape index (κ1) is 31.7. The Morgan fingerprint density at radius 1 is 1.11 bits per heavy atom. The van der Waals surface area contributed by atoms with E-state index in [4.69, 9.17) is 10.5 Å². The molecule has 1 unspecified atom stereocenters. The zero-order valence-corrected chi connectivity index (χ0v) is 26.2. The summed E-state index contributed by atoms with van der Waals surface area (Å²) in [5.74, 6) is -1.35. The number of aromatic amines is 2. The predicted octanol–water partition coefficient (Wildman–Crippen LogP) is 8.33. The van der Waals surface area contributed by atoms with E-state index >= 15 is 8.78 Å². The van der Waals surface area contributed by atoms with Crippen LogP contribution in [0.25, 0.3) is 22.3 Å². The van der Waals surface area contributed by atoms with Gasteiger partial charge in [0.15, 0.2) is 11.6 Å². The van der Waals surface area contributed by atoms with Crippen molar-refractivity contribution in [2.24, 2.45) is 10.7 Å². The summed E-state index contributed by atoms with van der Waals surface area (Å²) in [6.07, 6.45) is 11.4. The summed E-state index contributed by atoms with van der Waals surface area (Å²) in [5.41, 5.74) is 10.4. The Kier molecular flexibility index (Phi) is 9.19. The van der Waals surface area contributed by atoms with Gasteiger partial charge >= 0.3 is 5.97 Å². The smallest absolute Gasteiger partial charge is 0.303 e. The molecular formula is C37H37F2N5O3. The molecule has 1 aliphatic rings. The number of aryl methyl sites for hydroxylation is 1. The first-order chi connectivity index (χ1) is 22.7. The molecule has 0 amide bonds. The van der Waals surface area contributed by atoms with Crippen LogP contribution in [0.2, 0.25) is 0 Å². The number of imidazole rings is 1. The van der Waals surface area contributed by atoms with Gasteiger partial charge in [-0.2, -0.15) is 0 Å². The molecule has 8 nitrogen and oxygen atoms in total. The number of fused-ring (bicyclic) bond motifs is 8. The molecule has 2 aromatic heterocycles. The number of rotatable bonds is 4. The van der Waals surface area contributed by atoms with Gasteiger partial charge in [-0.1, -0.05) is 37.1 Å². The number of aromatic nitrogens is 3. The molecule has 0 radical (unpaired) electrons. The van der Waals surface area contributed by atoms with E-state index in [0.717, 1.165) is 59.9 Å². The summed E-state index contributed by atoms with van der Waals surface area (Å²) in [4.78, 5) is 26.9. The lowest BCUT2D eigenvalue weighted by atomic mass is 9.75. The molecule has 1 atom stereocenters. The Morgan fingerprint density at radius 2 is 1.98 bits per heavy atom. The minimum absolute atomic E-state index is 0.0125. The molecule has 242 valence electrons. The third-order valence-corrected chi connectivity index (χ3v) is 9.00. The van der Waals surface area contributed by atoms with Crippen LogP contribution in [-0.4, -0.2) is 32.2 Å². The molecule has 1 aliphatic heterocycles. The number of nitrogens with two attached hydrogens (primary N) is 1. The second-order valence-corrected chi connectivity index (χ2v) is 12.2. The van der Waals surface area contributed by atoms with Gasteiger partial charge in [0, 0.05) is 58.7 Å². The van der Waals surface area contributed by atoms with Gasteiger partial charge in [0.05, 0.1) is 12.1 Å². The lowest BCUT2D eigenvalue weighted by molar-refractivity contribution is -0.136. The second-order valence-electron chi connectivity index (χ2n) is 12.2. The van der Waals surface area contributed by atoms with Gasteiger partial charge in [-0.05, 0) is 79.8 Å². The van der Waals surface area contributed by atoms with E-state index in [1.165, 1.54) is 24.3 Å². The molecule has 3 heterocycles. The van der Waals surface area contributed by atoms with E-state index in [1.807, 2.05) is 30.3 Å². The average molecular weight is 638 g/mol. The maximum absolute atomic E-state index is 15.5. The van der Waals surface area contributed by atoms with Crippen molar-refractivity contribution in [3.05, 3.63) is 113 Å². The molecule has 0 aliphatic carbocycles. The lowest BCUT2D eigenvalue weighted by Gasteiger charge is -2.30. The number of benzene rings is 3. The molecule has 0 spiro atoms. The number of hydrogen-bond donors (Lipinski definition) is 4. The molecule has 0 saturated carbocycles. The number of ether oxygens (including phenoxy) is 1. The van der Waals surface area contributed by atoms with E-state index < -0.39 is 23.0 Å². The second kappa shape index (κ2) is 13.6. The Labute approximate surface area is 271 Å². The monoisotopic (exact) mass is 637 g/mol. The molecule has 3 aromatic carbocycles. The molecule has 5 aromatic rings. The summed E-state index contributed by atoms with van der Waals surface area (Å²) in [7, 11) is 0. The highest BCUT2D eigenvalue weighted by Gasteiger charge is 2.31. The SMILES string of the molecule is CC1(c2cccc(CCC(=O)O)c2)CCCCC/C(=C/N)C=NCc2c(c(F)cc3[nH]ccc23)Oc2ccc(F)c(c2)-c2ncc1[nH]2. The molecule has 4 bridgehead atoms. The van der Waals surface area contributed by atoms with Gasteiger partial charge in [-0.25, -0.2) is 13.8 Å². The highest BCUT2D eigenvalue weighted by molar-refractivity contribution is 5.86. The summed E-state index contributed by atoms with van der Waals surface area (Å²) in [6, 6.07) is 15.4. The number of aliphatic imine (C=N–C) groups is 1. The highest BCUT2D eigenvalue weighted by Crippen LogP contribution is 2.40. The number of halogens is 2. The van der Waals surface area contributed by atoms with Crippen LogP contribution in [0, 0.1) is 11.6 Å². The average Bonchev–Trinajstić information content (AvgIpc) is 3.75. The van der Waals surface area contributed by atoms with E-state index in [9.17, 15) is 9.90 Å². The quantitative estimate of drug-likeness (QED) is 0.157. The summed E-state index contributed by atoms with van der Waals surface area (Å²) in [5, 5.41) is 10.0. The fourth-order valence-electron chi connectivity index (χ4n) is 6.28. The number of carbonyl (C=O) groups is 1. The number of hydrogen-bond acceptors (Lipinski definition) is 5. The van der Waals surface area contributed by atoms with Gasteiger partial charge in [0.1, 0.15) is 17.4 Å². The highest BCUT2D eigenvalue weighted by atomic mass is 19.1. The van der Waals surface area contributed by atoms with Crippen LogP contribution in [-0.2, 0) is 23.2 Å².